The number of ether oxygens (including phenoxy) is 5. The first-order chi connectivity index (χ1) is 18.5. The molecule has 0 aliphatic carbocycles. The summed E-state index contributed by atoms with van der Waals surface area (Å²) in [4.78, 5) is 12.4. The van der Waals surface area contributed by atoms with E-state index in [0.29, 0.717) is 77.5 Å². The number of rotatable bonds is 22. The molecule has 0 saturated heterocycles. The quantitative estimate of drug-likeness (QED) is 0.227. The largest absolute Gasteiger partial charge is 0.379 e. The monoisotopic (exact) mass is 533 g/mol. The highest BCUT2D eigenvalue weighted by Gasteiger charge is 2.12. The van der Waals surface area contributed by atoms with Crippen LogP contribution in [0.4, 0.5) is 0 Å². The molecule has 9 nitrogen and oxygen atoms in total. The van der Waals surface area contributed by atoms with Gasteiger partial charge in [0.2, 0.25) is 0 Å². The summed E-state index contributed by atoms with van der Waals surface area (Å²) in [6.07, 6.45) is 6.23. The van der Waals surface area contributed by atoms with Gasteiger partial charge in [-0.25, -0.2) is 0 Å². The number of carbonyl (C=O) groups excluding carboxylic acids is 1. The molecule has 0 aliphatic rings. The predicted octanol–water partition coefficient (Wildman–Crippen LogP) is 4.23. The molecule has 38 heavy (non-hydrogen) atoms. The van der Waals surface area contributed by atoms with E-state index in [0.717, 1.165) is 25.0 Å². The molecule has 0 aliphatic heterocycles. The van der Waals surface area contributed by atoms with Crippen LogP contribution in [0.25, 0.3) is 0 Å². The Morgan fingerprint density at radius 2 is 1.32 bits per heavy atom. The molecule has 1 amide bonds. The van der Waals surface area contributed by atoms with Crippen LogP contribution in [0.5, 0.6) is 0 Å². The first kappa shape index (κ1) is 31.9. The van der Waals surface area contributed by atoms with Crippen molar-refractivity contribution >= 4 is 5.91 Å². The second kappa shape index (κ2) is 19.7. The normalized spacial score (nSPS) is 12.2. The van der Waals surface area contributed by atoms with Crippen LogP contribution >= 0.6 is 0 Å². The van der Waals surface area contributed by atoms with Gasteiger partial charge in [0, 0.05) is 24.9 Å². The number of nitrogens with one attached hydrogen (secondary N) is 1. The third-order valence-electron chi connectivity index (χ3n) is 6.00. The summed E-state index contributed by atoms with van der Waals surface area (Å²) in [6.45, 7) is 14.5. The second-order valence-corrected chi connectivity index (χ2v) is 9.38. The first-order valence-corrected chi connectivity index (χ1v) is 13.8. The fourth-order valence-electron chi connectivity index (χ4n) is 3.50. The molecule has 2 aromatic rings. The van der Waals surface area contributed by atoms with Gasteiger partial charge >= 0.3 is 0 Å². The predicted molar refractivity (Wildman–Crippen MR) is 148 cm³/mol. The molecular weight excluding hydrogens is 486 g/mol. The van der Waals surface area contributed by atoms with Crippen molar-refractivity contribution in [3.63, 3.8) is 0 Å². The molecule has 0 spiro atoms. The fraction of sp³-hybridized carbons (Fsp3) is 0.655. The van der Waals surface area contributed by atoms with Gasteiger partial charge in [0.05, 0.1) is 71.7 Å². The highest BCUT2D eigenvalue weighted by Crippen LogP contribution is 2.20. The lowest BCUT2D eigenvalue weighted by Gasteiger charge is -2.13. The maximum Gasteiger partial charge on any atom is 0.251 e. The molecule has 1 aromatic heterocycles. The molecular formula is C29H47N3O6. The number of nitrogens with zero attached hydrogens (tertiary/aromatic N) is 2. The standard InChI is InChI=1S/C29H47N3O6/c1-5-6-12-34-14-16-36-18-20-38-21-19-37-17-15-35-13-11-30-29(33)27-9-7-26(8-10-27)25(4)32-23-28(22-31-32)24(2)3/h7-10,22-25H,5-6,11-21H2,1-4H3,(H,30,33). The van der Waals surface area contributed by atoms with Crippen molar-refractivity contribution < 1.29 is 28.5 Å². The van der Waals surface area contributed by atoms with E-state index in [1.54, 1.807) is 0 Å². The summed E-state index contributed by atoms with van der Waals surface area (Å²) < 4.78 is 29.3. The summed E-state index contributed by atoms with van der Waals surface area (Å²) >= 11 is 0. The number of hydrogen-bond donors (Lipinski definition) is 1. The molecule has 0 radical (unpaired) electrons. The molecule has 1 unspecified atom stereocenters. The molecule has 0 fully saturated rings. The van der Waals surface area contributed by atoms with E-state index in [4.69, 9.17) is 23.7 Å². The van der Waals surface area contributed by atoms with Crippen molar-refractivity contribution in [1.82, 2.24) is 15.1 Å². The summed E-state index contributed by atoms with van der Waals surface area (Å²) in [6, 6.07) is 7.75. The number of benzene rings is 1. The Morgan fingerprint density at radius 3 is 1.82 bits per heavy atom. The minimum Gasteiger partial charge on any atom is -0.379 e. The van der Waals surface area contributed by atoms with Gasteiger partial charge in [-0.1, -0.05) is 39.3 Å². The highest BCUT2D eigenvalue weighted by molar-refractivity contribution is 5.94. The number of aromatic nitrogens is 2. The van der Waals surface area contributed by atoms with Gasteiger partial charge in [0.25, 0.3) is 5.91 Å². The lowest BCUT2D eigenvalue weighted by Crippen LogP contribution is -2.27. The summed E-state index contributed by atoms with van der Waals surface area (Å²) in [7, 11) is 0. The lowest BCUT2D eigenvalue weighted by atomic mass is 10.1. The Bertz CT molecular complexity index is 871. The number of carbonyl (C=O) groups is 1. The Hall–Kier alpha value is -2.30. The Kier molecular flexibility index (Phi) is 16.6. The van der Waals surface area contributed by atoms with E-state index < -0.39 is 0 Å². The Morgan fingerprint density at radius 1 is 0.789 bits per heavy atom. The van der Waals surface area contributed by atoms with Crippen LogP contribution in [-0.2, 0) is 23.7 Å². The van der Waals surface area contributed by atoms with Gasteiger partial charge in [-0.3, -0.25) is 9.48 Å². The van der Waals surface area contributed by atoms with Crippen molar-refractivity contribution in [1.29, 1.82) is 0 Å². The van der Waals surface area contributed by atoms with Crippen LogP contribution in [0.2, 0.25) is 0 Å². The number of hydrogen-bond acceptors (Lipinski definition) is 7. The molecule has 0 saturated carbocycles. The first-order valence-electron chi connectivity index (χ1n) is 13.8. The van der Waals surface area contributed by atoms with Gasteiger partial charge < -0.3 is 29.0 Å². The summed E-state index contributed by atoms with van der Waals surface area (Å²) in [5, 5.41) is 7.37. The van der Waals surface area contributed by atoms with E-state index in [-0.39, 0.29) is 11.9 Å². The third kappa shape index (κ3) is 13.0. The smallest absolute Gasteiger partial charge is 0.251 e. The summed E-state index contributed by atoms with van der Waals surface area (Å²) in [5.41, 5.74) is 2.94. The minimum absolute atomic E-state index is 0.0984. The van der Waals surface area contributed by atoms with Crippen LogP contribution in [0.3, 0.4) is 0 Å². The van der Waals surface area contributed by atoms with E-state index in [9.17, 15) is 4.79 Å². The third-order valence-corrected chi connectivity index (χ3v) is 6.00. The second-order valence-electron chi connectivity index (χ2n) is 9.38. The van der Waals surface area contributed by atoms with E-state index >= 15 is 0 Å². The molecule has 1 heterocycles. The topological polar surface area (TPSA) is 93.1 Å². The fourth-order valence-corrected chi connectivity index (χ4v) is 3.50. The molecule has 2 rings (SSSR count). The van der Waals surface area contributed by atoms with Crippen LogP contribution in [-0.4, -0.2) is 88.3 Å². The Balaban J connectivity index is 1.44. The van der Waals surface area contributed by atoms with Crippen LogP contribution in [0.1, 0.15) is 74.0 Å². The summed E-state index contributed by atoms with van der Waals surface area (Å²) in [5.74, 6) is 0.329. The van der Waals surface area contributed by atoms with Gasteiger partial charge in [-0.2, -0.15) is 5.10 Å². The van der Waals surface area contributed by atoms with E-state index in [1.807, 2.05) is 35.1 Å². The van der Waals surface area contributed by atoms with Crippen molar-refractivity contribution in [3.8, 4) is 0 Å². The lowest BCUT2D eigenvalue weighted by molar-refractivity contribution is -0.0109. The zero-order valence-electron chi connectivity index (χ0n) is 23.7. The van der Waals surface area contributed by atoms with Gasteiger partial charge in [-0.05, 0) is 42.5 Å². The average molecular weight is 534 g/mol. The molecule has 1 aromatic carbocycles. The van der Waals surface area contributed by atoms with Crippen molar-refractivity contribution in [2.24, 2.45) is 0 Å². The maximum absolute atomic E-state index is 12.4. The molecule has 9 heteroatoms. The number of unbranched alkanes of at least 4 members (excludes halogenated alkanes) is 1. The van der Waals surface area contributed by atoms with Crippen LogP contribution < -0.4 is 5.32 Å². The maximum atomic E-state index is 12.4. The zero-order chi connectivity index (χ0) is 27.4. The van der Waals surface area contributed by atoms with Gasteiger partial charge in [-0.15, -0.1) is 0 Å². The van der Waals surface area contributed by atoms with Gasteiger partial charge in [0.15, 0.2) is 0 Å². The van der Waals surface area contributed by atoms with Crippen LogP contribution in [0.15, 0.2) is 36.7 Å². The minimum atomic E-state index is -0.115. The van der Waals surface area contributed by atoms with Crippen molar-refractivity contribution in [2.45, 2.75) is 52.5 Å². The van der Waals surface area contributed by atoms with E-state index in [1.165, 1.54) is 5.56 Å². The molecule has 0 bridgehead atoms. The average Bonchev–Trinajstić information content (AvgIpc) is 3.43. The Labute approximate surface area is 228 Å². The van der Waals surface area contributed by atoms with Crippen molar-refractivity contribution in [2.75, 3.05) is 72.6 Å². The SMILES string of the molecule is CCCCOCCOCCOCCOCCOCCNC(=O)c1ccc(C(C)n2cc(C(C)C)cn2)cc1. The van der Waals surface area contributed by atoms with E-state index in [2.05, 4.69) is 44.3 Å². The van der Waals surface area contributed by atoms with Gasteiger partial charge in [0.1, 0.15) is 0 Å². The molecule has 1 N–H and O–H groups in total. The molecule has 1 atom stereocenters. The van der Waals surface area contributed by atoms with Crippen molar-refractivity contribution in [3.05, 3.63) is 53.3 Å². The molecule has 214 valence electrons. The zero-order valence-corrected chi connectivity index (χ0v) is 23.7. The number of amides is 1. The van der Waals surface area contributed by atoms with Crippen LogP contribution in [0, 0.1) is 0 Å². The highest BCUT2D eigenvalue weighted by atomic mass is 16.6.